The van der Waals surface area contributed by atoms with Gasteiger partial charge in [-0.15, -0.1) is 0 Å². The maximum absolute atomic E-state index is 13.3. The maximum atomic E-state index is 13.3. The van der Waals surface area contributed by atoms with E-state index in [-0.39, 0.29) is 11.9 Å². The molecule has 1 aromatic carbocycles. The van der Waals surface area contributed by atoms with Gasteiger partial charge in [0, 0.05) is 56.6 Å². The van der Waals surface area contributed by atoms with Crippen LogP contribution in [-0.4, -0.2) is 83.4 Å². The highest BCUT2D eigenvalue weighted by Crippen LogP contribution is 2.31. The zero-order valence-electron chi connectivity index (χ0n) is 22.3. The molecule has 0 aliphatic carbocycles. The number of carbonyl (C=O) groups is 1. The molecule has 0 spiro atoms. The highest BCUT2D eigenvalue weighted by molar-refractivity contribution is 5.92. The number of rotatable bonds is 6. The van der Waals surface area contributed by atoms with E-state index in [1.807, 2.05) is 29.3 Å². The molecule has 2 fully saturated rings. The molecule has 9 nitrogen and oxygen atoms in total. The van der Waals surface area contributed by atoms with E-state index in [4.69, 9.17) is 15.2 Å². The van der Waals surface area contributed by atoms with Gasteiger partial charge in [-0.05, 0) is 31.4 Å². The molecule has 3 aromatic rings. The monoisotopic (exact) mass is 532 g/mol. The number of aromatic nitrogens is 3. The van der Waals surface area contributed by atoms with Gasteiger partial charge in [-0.2, -0.15) is 0 Å². The molecule has 1 amide bonds. The number of benzene rings is 1. The molecule has 2 saturated heterocycles. The number of halogens is 1. The lowest BCUT2D eigenvalue weighted by Crippen LogP contribution is -2.34. The van der Waals surface area contributed by atoms with Crippen LogP contribution in [0.4, 0.5) is 10.2 Å². The maximum Gasteiger partial charge on any atom is 0.246 e. The number of fused-ring (bicyclic) bond motifs is 1. The first-order valence-electron chi connectivity index (χ1n) is 13.1. The topological polar surface area (TPSA) is 98.7 Å². The number of likely N-dealkylation sites (tertiary alicyclic amines) is 2. The smallest absolute Gasteiger partial charge is 0.246 e. The quantitative estimate of drug-likeness (QED) is 0.385. The standard InChI is InChI=1S/C29H33FN6O3/c1-38-24-14-20(15-25(16-24)39-2)5-6-21-17-36(29-27(21)28(31)32-19-33-29)23-9-13-35(18-23)26(37)4-3-10-34-11-7-22(30)8-12-34/h3-4,14-17,19,22-23H,7-13,18H2,1-2H3,(H2,31,32,33)/b4-3+. The predicted molar refractivity (Wildman–Crippen MR) is 147 cm³/mol. The number of anilines is 1. The lowest BCUT2D eigenvalue weighted by Gasteiger charge is -2.27. The van der Waals surface area contributed by atoms with Crippen molar-refractivity contribution in [3.63, 3.8) is 0 Å². The minimum atomic E-state index is -0.698. The zero-order chi connectivity index (χ0) is 27.4. The van der Waals surface area contributed by atoms with Crippen LogP contribution in [0.25, 0.3) is 11.0 Å². The highest BCUT2D eigenvalue weighted by Gasteiger charge is 2.28. The molecule has 2 aliphatic heterocycles. The minimum absolute atomic E-state index is 0.0181. The van der Waals surface area contributed by atoms with Gasteiger partial charge in [0.05, 0.1) is 31.2 Å². The van der Waals surface area contributed by atoms with Gasteiger partial charge in [0.15, 0.2) is 0 Å². The Kier molecular flexibility index (Phi) is 7.98. The van der Waals surface area contributed by atoms with Gasteiger partial charge >= 0.3 is 0 Å². The Morgan fingerprint density at radius 3 is 2.56 bits per heavy atom. The summed E-state index contributed by atoms with van der Waals surface area (Å²) in [5, 5.41) is 0.696. The van der Waals surface area contributed by atoms with E-state index < -0.39 is 6.17 Å². The molecule has 0 bridgehead atoms. The van der Waals surface area contributed by atoms with E-state index in [0.29, 0.717) is 66.4 Å². The SMILES string of the molecule is COc1cc(C#Cc2cn(C3CCN(C(=O)/C=C/CN4CCC(F)CC4)C3)c3ncnc(N)c23)cc(OC)c1. The molecule has 39 heavy (non-hydrogen) atoms. The summed E-state index contributed by atoms with van der Waals surface area (Å²) in [5.41, 5.74) is 8.41. The largest absolute Gasteiger partial charge is 0.497 e. The summed E-state index contributed by atoms with van der Waals surface area (Å²) in [4.78, 5) is 25.6. The van der Waals surface area contributed by atoms with Crippen molar-refractivity contribution in [2.45, 2.75) is 31.5 Å². The fraction of sp³-hybridized carbons (Fsp3) is 0.414. The van der Waals surface area contributed by atoms with Crippen LogP contribution >= 0.6 is 0 Å². The fourth-order valence-corrected chi connectivity index (χ4v) is 5.16. The van der Waals surface area contributed by atoms with Crippen LogP contribution in [0.5, 0.6) is 11.5 Å². The average molecular weight is 533 g/mol. The van der Waals surface area contributed by atoms with E-state index in [1.165, 1.54) is 6.33 Å². The molecule has 204 valence electrons. The lowest BCUT2D eigenvalue weighted by atomic mass is 10.1. The molecule has 1 unspecified atom stereocenters. The van der Waals surface area contributed by atoms with Gasteiger partial charge in [0.25, 0.3) is 0 Å². The van der Waals surface area contributed by atoms with Gasteiger partial charge in [0.2, 0.25) is 5.91 Å². The second-order valence-corrected chi connectivity index (χ2v) is 9.86. The number of ether oxygens (including phenoxy) is 2. The van der Waals surface area contributed by atoms with Gasteiger partial charge in [0.1, 0.15) is 35.5 Å². The number of nitrogen functional groups attached to an aromatic ring is 1. The normalized spacial score (nSPS) is 18.4. The van der Waals surface area contributed by atoms with Crippen molar-refractivity contribution in [1.82, 2.24) is 24.3 Å². The van der Waals surface area contributed by atoms with Crippen LogP contribution in [0.3, 0.4) is 0 Å². The fourth-order valence-electron chi connectivity index (χ4n) is 5.16. The average Bonchev–Trinajstić information content (AvgIpc) is 3.59. The number of nitrogens with two attached hydrogens (primary N) is 1. The van der Waals surface area contributed by atoms with Gasteiger partial charge < -0.3 is 24.7 Å². The van der Waals surface area contributed by atoms with Gasteiger partial charge in [-0.3, -0.25) is 9.69 Å². The first kappa shape index (κ1) is 26.5. The lowest BCUT2D eigenvalue weighted by molar-refractivity contribution is -0.125. The van der Waals surface area contributed by atoms with Crippen molar-refractivity contribution < 1.29 is 18.7 Å². The number of carbonyl (C=O) groups excluding carboxylic acids is 1. The summed E-state index contributed by atoms with van der Waals surface area (Å²) in [7, 11) is 3.19. The summed E-state index contributed by atoms with van der Waals surface area (Å²) >= 11 is 0. The number of hydrogen-bond acceptors (Lipinski definition) is 7. The number of amides is 1. The second kappa shape index (κ2) is 11.7. The summed E-state index contributed by atoms with van der Waals surface area (Å²) in [6.07, 6.45) is 8.13. The first-order valence-corrected chi connectivity index (χ1v) is 13.1. The highest BCUT2D eigenvalue weighted by atomic mass is 19.1. The molecular formula is C29H33FN6O3. The van der Waals surface area contributed by atoms with E-state index in [1.54, 1.807) is 26.4 Å². The summed E-state index contributed by atoms with van der Waals surface area (Å²) < 4.78 is 26.1. The molecule has 4 heterocycles. The Morgan fingerprint density at radius 1 is 1.10 bits per heavy atom. The minimum Gasteiger partial charge on any atom is -0.497 e. The Bertz CT molecular complexity index is 1410. The molecule has 0 saturated carbocycles. The van der Waals surface area contributed by atoms with Crippen molar-refractivity contribution in [2.24, 2.45) is 0 Å². The third-order valence-electron chi connectivity index (χ3n) is 7.34. The molecule has 2 aliphatic rings. The molecule has 2 aromatic heterocycles. The number of piperidine rings is 1. The van der Waals surface area contributed by atoms with Gasteiger partial charge in [-0.25, -0.2) is 14.4 Å². The van der Waals surface area contributed by atoms with Crippen LogP contribution in [-0.2, 0) is 4.79 Å². The Balaban J connectivity index is 1.33. The number of alkyl halides is 1. The van der Waals surface area contributed by atoms with Crippen LogP contribution in [0.15, 0.2) is 42.9 Å². The van der Waals surface area contributed by atoms with Crippen LogP contribution in [0.1, 0.15) is 36.4 Å². The predicted octanol–water partition coefficient (Wildman–Crippen LogP) is 3.19. The van der Waals surface area contributed by atoms with Gasteiger partial charge in [-0.1, -0.05) is 17.9 Å². The van der Waals surface area contributed by atoms with E-state index in [9.17, 15) is 9.18 Å². The van der Waals surface area contributed by atoms with Crippen LogP contribution < -0.4 is 15.2 Å². The van der Waals surface area contributed by atoms with Crippen LogP contribution in [0.2, 0.25) is 0 Å². The molecule has 1 atom stereocenters. The molecular weight excluding hydrogens is 499 g/mol. The Hall–Kier alpha value is -4.10. The number of methoxy groups -OCH3 is 2. The summed E-state index contributed by atoms with van der Waals surface area (Å²) in [6, 6.07) is 5.51. The van der Waals surface area contributed by atoms with Crippen molar-refractivity contribution in [3.05, 3.63) is 54.0 Å². The summed E-state index contributed by atoms with van der Waals surface area (Å²) in [5.74, 6) is 8.05. The second-order valence-electron chi connectivity index (χ2n) is 9.86. The number of nitrogens with zero attached hydrogens (tertiary/aromatic N) is 5. The van der Waals surface area contributed by atoms with E-state index in [0.717, 1.165) is 25.1 Å². The van der Waals surface area contributed by atoms with Crippen molar-refractivity contribution >= 4 is 22.8 Å². The van der Waals surface area contributed by atoms with E-state index >= 15 is 0 Å². The molecule has 2 N–H and O–H groups in total. The van der Waals surface area contributed by atoms with E-state index in [2.05, 4.69) is 31.3 Å². The molecule has 5 rings (SSSR count). The Labute approximate surface area is 227 Å². The summed E-state index contributed by atoms with van der Waals surface area (Å²) in [6.45, 7) is 3.33. The number of hydrogen-bond donors (Lipinski definition) is 1. The first-order chi connectivity index (χ1) is 18.9. The molecule has 10 heteroatoms. The zero-order valence-corrected chi connectivity index (χ0v) is 22.3. The van der Waals surface area contributed by atoms with Crippen molar-refractivity contribution in [2.75, 3.05) is 52.7 Å². The van der Waals surface area contributed by atoms with Crippen molar-refractivity contribution in [3.8, 4) is 23.3 Å². The van der Waals surface area contributed by atoms with Crippen molar-refractivity contribution in [1.29, 1.82) is 0 Å². The Morgan fingerprint density at radius 2 is 1.85 bits per heavy atom. The molecule has 0 radical (unpaired) electrons. The third-order valence-corrected chi connectivity index (χ3v) is 7.34. The third kappa shape index (κ3) is 5.99. The van der Waals surface area contributed by atoms with Crippen LogP contribution in [0, 0.1) is 11.8 Å².